The van der Waals surface area contributed by atoms with Crippen molar-refractivity contribution in [2.75, 3.05) is 29.6 Å². The van der Waals surface area contributed by atoms with Crippen LogP contribution in [-0.4, -0.2) is 41.0 Å². The predicted molar refractivity (Wildman–Crippen MR) is 127 cm³/mol. The molecule has 0 unspecified atom stereocenters. The summed E-state index contributed by atoms with van der Waals surface area (Å²) in [6.07, 6.45) is -3.35. The Balaban J connectivity index is 1.62. The van der Waals surface area contributed by atoms with Crippen LogP contribution in [0.15, 0.2) is 36.4 Å². The minimum atomic E-state index is -4.77. The molecule has 186 valence electrons. The van der Waals surface area contributed by atoms with E-state index in [1.165, 1.54) is 36.2 Å². The van der Waals surface area contributed by atoms with Gasteiger partial charge < -0.3 is 20.9 Å². The van der Waals surface area contributed by atoms with E-state index in [-0.39, 0.29) is 51.5 Å². The largest absolute Gasteiger partial charge is 0.433 e. The van der Waals surface area contributed by atoms with Crippen LogP contribution in [0.4, 0.5) is 36.1 Å². The van der Waals surface area contributed by atoms with Crippen LogP contribution in [0.5, 0.6) is 0 Å². The minimum Gasteiger partial charge on any atom is -0.368 e. The van der Waals surface area contributed by atoms with Crippen molar-refractivity contribution in [3.05, 3.63) is 53.3 Å². The second-order valence-electron chi connectivity index (χ2n) is 8.30. The van der Waals surface area contributed by atoms with E-state index in [1.807, 2.05) is 5.32 Å². The van der Waals surface area contributed by atoms with Gasteiger partial charge in [0.15, 0.2) is 11.5 Å². The maximum atomic E-state index is 13.5. The van der Waals surface area contributed by atoms with Crippen molar-refractivity contribution in [2.45, 2.75) is 25.5 Å². The summed E-state index contributed by atoms with van der Waals surface area (Å²) >= 11 is 0. The van der Waals surface area contributed by atoms with E-state index >= 15 is 0 Å². The fraction of sp³-hybridized carbons (Fsp3) is 0.292. The molecule has 0 bridgehead atoms. The van der Waals surface area contributed by atoms with Gasteiger partial charge in [0.1, 0.15) is 5.69 Å². The van der Waals surface area contributed by atoms with Crippen LogP contribution in [0.1, 0.15) is 41.4 Å². The van der Waals surface area contributed by atoms with Crippen molar-refractivity contribution in [3.63, 3.8) is 0 Å². The summed E-state index contributed by atoms with van der Waals surface area (Å²) in [6.45, 7) is -5.15. The maximum absolute atomic E-state index is 13.5. The number of amides is 2. The third-order valence-electron chi connectivity index (χ3n) is 5.69. The van der Waals surface area contributed by atoms with Crippen molar-refractivity contribution >= 4 is 34.7 Å². The first-order valence-electron chi connectivity index (χ1n) is 13.3. The van der Waals surface area contributed by atoms with Crippen LogP contribution >= 0.6 is 0 Å². The first-order chi connectivity index (χ1) is 19.1. The molecule has 9 nitrogen and oxygen atoms in total. The van der Waals surface area contributed by atoms with E-state index in [9.17, 15) is 22.8 Å². The Morgan fingerprint density at radius 2 is 1.97 bits per heavy atom. The molecule has 1 fully saturated rings. The van der Waals surface area contributed by atoms with E-state index in [2.05, 4.69) is 25.8 Å². The summed E-state index contributed by atoms with van der Waals surface area (Å²) in [6, 6.07) is 7.47. The van der Waals surface area contributed by atoms with Crippen LogP contribution in [0, 0.1) is 5.92 Å². The lowest BCUT2D eigenvalue weighted by atomic mass is 9.97. The lowest BCUT2D eigenvalue weighted by molar-refractivity contribution is -0.141. The Morgan fingerprint density at radius 1 is 1.17 bits per heavy atom. The van der Waals surface area contributed by atoms with Gasteiger partial charge in [-0.05, 0) is 30.5 Å². The average Bonchev–Trinajstić information content (AvgIpc) is 3.71. The first-order valence-corrected chi connectivity index (χ1v) is 10.8. The zero-order chi connectivity index (χ0) is 29.9. The molecular weight excluding hydrogens is 475 g/mol. The molecule has 3 heterocycles. The van der Waals surface area contributed by atoms with Gasteiger partial charge in [0, 0.05) is 42.2 Å². The summed E-state index contributed by atoms with van der Waals surface area (Å²) < 4.78 is 79.9. The molecule has 3 N–H and O–H groups in total. The Hall–Kier alpha value is -4.22. The number of hydrogen-bond donors (Lipinski definition) is 3. The van der Waals surface area contributed by atoms with E-state index in [4.69, 9.17) is 6.85 Å². The molecule has 0 atom stereocenters. The van der Waals surface area contributed by atoms with Crippen LogP contribution in [-0.2, 0) is 17.5 Å². The van der Waals surface area contributed by atoms with Crippen LogP contribution < -0.4 is 20.9 Å². The molecule has 3 aromatic rings. The number of alkyl halides is 3. The molecule has 2 aromatic heterocycles. The van der Waals surface area contributed by atoms with E-state index in [0.29, 0.717) is 18.9 Å². The van der Waals surface area contributed by atoms with Gasteiger partial charge in [0.25, 0.3) is 5.91 Å². The number of carbonyl (C=O) groups excluding carboxylic acids is 2. The van der Waals surface area contributed by atoms with Crippen LogP contribution in [0.25, 0.3) is 11.3 Å². The Bertz CT molecular complexity index is 1560. The molecule has 12 heteroatoms. The van der Waals surface area contributed by atoms with Crippen LogP contribution in [0.2, 0.25) is 0 Å². The summed E-state index contributed by atoms with van der Waals surface area (Å²) in [4.78, 5) is 30.0. The third kappa shape index (κ3) is 4.41. The van der Waals surface area contributed by atoms with Crippen molar-refractivity contribution in [2.24, 2.45) is 5.92 Å². The number of fused-ring (bicyclic) bond motifs is 3. The molecule has 1 aliphatic heterocycles. The molecule has 2 amide bonds. The topological polar surface area (TPSA) is 112 Å². The van der Waals surface area contributed by atoms with Crippen molar-refractivity contribution in [1.29, 1.82) is 0 Å². The van der Waals surface area contributed by atoms with Crippen molar-refractivity contribution in [3.8, 4) is 11.3 Å². The summed E-state index contributed by atoms with van der Waals surface area (Å²) in [7, 11) is 1.40. The minimum absolute atomic E-state index is 0.0369. The van der Waals surface area contributed by atoms with E-state index in [1.54, 1.807) is 0 Å². The number of para-hydroxylation sites is 1. The number of nitrogens with zero attached hydrogens (tertiary/aromatic N) is 4. The predicted octanol–water partition coefficient (Wildman–Crippen LogP) is 3.96. The second-order valence-corrected chi connectivity index (χ2v) is 8.30. The number of benzene rings is 1. The highest BCUT2D eigenvalue weighted by Gasteiger charge is 2.35. The van der Waals surface area contributed by atoms with Gasteiger partial charge in [-0.1, -0.05) is 18.2 Å². The molecule has 5 rings (SSSR count). The van der Waals surface area contributed by atoms with Gasteiger partial charge in [-0.3, -0.25) is 9.59 Å². The number of anilines is 4. The van der Waals surface area contributed by atoms with Crippen LogP contribution in [0.3, 0.4) is 0 Å². The zero-order valence-corrected chi connectivity index (χ0v) is 18.7. The zero-order valence-electron chi connectivity index (χ0n) is 23.7. The standard InChI is InChI=1S/C24H22F3N7O2/c1-28-23(36)20-16(10-18(32-33-20)31-22(35)12-6-7-12)29-15-5-3-4-14-19-13(11-34(2)21(14)15)8-9-17(30-19)24(25,26)27/h3-5,8-10,12H,6-7,11H2,1-2H3,(H,28,36)(H2,29,31,32,35)/i1D3,11D2. The fourth-order valence-corrected chi connectivity index (χ4v) is 3.84. The number of nitrogens with one attached hydrogen (secondary N) is 3. The quantitative estimate of drug-likeness (QED) is 0.484. The highest BCUT2D eigenvalue weighted by atomic mass is 19.4. The SMILES string of the molecule is [2H]C([2H])([2H])NC(=O)c1nnc(NC(=O)C2CC2)cc1Nc1cccc2c1N(C)C([2H])([2H])c1ccc(C(F)(F)F)nc1-2. The summed E-state index contributed by atoms with van der Waals surface area (Å²) in [5.74, 6) is -1.64. The fourth-order valence-electron chi connectivity index (χ4n) is 3.84. The molecule has 1 aliphatic carbocycles. The number of hydrogen-bond acceptors (Lipinski definition) is 7. The molecule has 1 aromatic carbocycles. The van der Waals surface area contributed by atoms with Crippen molar-refractivity contribution < 1.29 is 29.6 Å². The Morgan fingerprint density at radius 3 is 2.69 bits per heavy atom. The molecule has 0 saturated heterocycles. The van der Waals surface area contributed by atoms with Gasteiger partial charge >= 0.3 is 6.18 Å². The number of halogens is 3. The average molecular weight is 503 g/mol. The highest BCUT2D eigenvalue weighted by Crippen LogP contribution is 2.44. The molecule has 1 saturated carbocycles. The molecule has 36 heavy (non-hydrogen) atoms. The lowest BCUT2D eigenvalue weighted by Gasteiger charge is -2.31. The monoisotopic (exact) mass is 502 g/mol. The third-order valence-corrected chi connectivity index (χ3v) is 5.69. The molecule has 2 aliphatic rings. The second kappa shape index (κ2) is 8.77. The maximum Gasteiger partial charge on any atom is 0.433 e. The smallest absolute Gasteiger partial charge is 0.368 e. The molecule has 0 radical (unpaired) electrons. The Kier molecular flexibility index (Phi) is 4.41. The van der Waals surface area contributed by atoms with Gasteiger partial charge in [-0.25, -0.2) is 4.98 Å². The number of aromatic nitrogens is 3. The molecule has 0 spiro atoms. The number of pyridine rings is 1. The Labute approximate surface area is 211 Å². The normalized spacial score (nSPS) is 18.3. The first kappa shape index (κ1) is 18.1. The lowest BCUT2D eigenvalue weighted by Crippen LogP contribution is -2.25. The van der Waals surface area contributed by atoms with Gasteiger partial charge in [-0.15, -0.1) is 10.2 Å². The summed E-state index contributed by atoms with van der Waals surface area (Å²) in [5, 5.41) is 14.9. The number of carbonyl (C=O) groups is 2. The summed E-state index contributed by atoms with van der Waals surface area (Å²) in [5.41, 5.74) is -1.63. The van der Waals surface area contributed by atoms with Crippen molar-refractivity contribution in [1.82, 2.24) is 20.5 Å². The molecular formula is C24H22F3N7O2. The van der Waals surface area contributed by atoms with E-state index in [0.717, 1.165) is 6.07 Å². The van der Waals surface area contributed by atoms with Gasteiger partial charge in [0.2, 0.25) is 5.91 Å². The highest BCUT2D eigenvalue weighted by molar-refractivity contribution is 6.01. The number of rotatable bonds is 5. The van der Waals surface area contributed by atoms with E-state index < -0.39 is 36.9 Å². The van der Waals surface area contributed by atoms with Gasteiger partial charge in [-0.2, -0.15) is 13.2 Å². The van der Waals surface area contributed by atoms with Gasteiger partial charge in [0.05, 0.1) is 25.5 Å².